The van der Waals surface area contributed by atoms with E-state index in [1.54, 1.807) is 24.3 Å². The molecule has 2 aromatic rings. The number of hydrogen-bond donors (Lipinski definition) is 2. The Morgan fingerprint density at radius 1 is 1.28 bits per heavy atom. The van der Waals surface area contributed by atoms with Gasteiger partial charge in [-0.1, -0.05) is 35.4 Å². The molecule has 0 spiro atoms. The third-order valence-corrected chi connectivity index (χ3v) is 2.94. The molecule has 0 unspecified atom stereocenters. The van der Waals surface area contributed by atoms with Gasteiger partial charge in [0.25, 0.3) is 0 Å². The van der Waals surface area contributed by atoms with E-state index in [0.29, 0.717) is 27.1 Å². The minimum atomic E-state index is 0.234. The zero-order valence-electron chi connectivity index (χ0n) is 9.02. The fourth-order valence-electron chi connectivity index (χ4n) is 1.34. The van der Waals surface area contributed by atoms with Crippen molar-refractivity contribution in [3.63, 3.8) is 0 Å². The summed E-state index contributed by atoms with van der Waals surface area (Å²) in [6.07, 6.45) is 1.52. The van der Waals surface area contributed by atoms with Gasteiger partial charge in [-0.15, -0.1) is 5.10 Å². The maximum atomic E-state index is 6.05. The van der Waals surface area contributed by atoms with E-state index in [1.807, 2.05) is 0 Å². The summed E-state index contributed by atoms with van der Waals surface area (Å²) >= 11 is 16.8. The first-order chi connectivity index (χ1) is 8.58. The van der Waals surface area contributed by atoms with Crippen LogP contribution < -0.4 is 11.1 Å². The van der Waals surface area contributed by atoms with Crippen LogP contribution in [-0.4, -0.2) is 15.2 Å². The third kappa shape index (κ3) is 2.87. The van der Waals surface area contributed by atoms with Crippen LogP contribution in [0.3, 0.4) is 0 Å². The van der Waals surface area contributed by atoms with Gasteiger partial charge in [-0.3, -0.25) is 0 Å². The summed E-state index contributed by atoms with van der Waals surface area (Å²) in [6, 6.07) is 6.76. The molecular formula is C11H8Cl2N4S. The first-order valence-electron chi connectivity index (χ1n) is 4.91. The number of aromatic nitrogens is 2. The molecule has 0 radical (unpaired) electrons. The molecule has 2 rings (SSSR count). The topological polar surface area (TPSA) is 63.8 Å². The minimum absolute atomic E-state index is 0.234. The Labute approximate surface area is 119 Å². The molecule has 0 aliphatic heterocycles. The van der Waals surface area contributed by atoms with E-state index in [1.165, 1.54) is 6.20 Å². The Morgan fingerprint density at radius 3 is 2.72 bits per heavy atom. The maximum Gasteiger partial charge on any atom is 0.163 e. The Morgan fingerprint density at radius 2 is 2.06 bits per heavy atom. The van der Waals surface area contributed by atoms with Crippen LogP contribution in [0.1, 0.15) is 5.56 Å². The first-order valence-corrected chi connectivity index (χ1v) is 6.08. The Hall–Kier alpha value is -1.43. The maximum absolute atomic E-state index is 6.05. The summed E-state index contributed by atoms with van der Waals surface area (Å²) < 4.78 is 0. The number of nitrogens with zero attached hydrogens (tertiary/aromatic N) is 2. The predicted molar refractivity (Wildman–Crippen MR) is 77.7 cm³/mol. The van der Waals surface area contributed by atoms with Gasteiger partial charge < -0.3 is 11.1 Å². The Bertz CT molecular complexity index is 603. The van der Waals surface area contributed by atoms with Crippen molar-refractivity contribution in [1.29, 1.82) is 0 Å². The molecule has 1 aromatic carbocycles. The van der Waals surface area contributed by atoms with Crippen molar-refractivity contribution < 1.29 is 0 Å². The van der Waals surface area contributed by atoms with Gasteiger partial charge in [0, 0.05) is 5.02 Å². The highest BCUT2D eigenvalue weighted by molar-refractivity contribution is 7.80. The fraction of sp³-hybridized carbons (Fsp3) is 0. The molecule has 0 bridgehead atoms. The van der Waals surface area contributed by atoms with Crippen molar-refractivity contribution in [2.75, 3.05) is 5.32 Å². The molecule has 0 saturated heterocycles. The molecule has 1 aromatic heterocycles. The van der Waals surface area contributed by atoms with E-state index in [0.717, 1.165) is 0 Å². The molecule has 4 nitrogen and oxygen atoms in total. The van der Waals surface area contributed by atoms with Crippen molar-refractivity contribution in [3.05, 3.63) is 46.1 Å². The highest BCUT2D eigenvalue weighted by Gasteiger charge is 2.09. The van der Waals surface area contributed by atoms with Crippen molar-refractivity contribution >= 4 is 51.9 Å². The molecule has 0 fully saturated rings. The van der Waals surface area contributed by atoms with Gasteiger partial charge in [-0.2, -0.15) is 5.10 Å². The van der Waals surface area contributed by atoms with Gasteiger partial charge in [0.1, 0.15) is 4.99 Å². The largest absolute Gasteiger partial charge is 0.389 e. The van der Waals surface area contributed by atoms with Gasteiger partial charge >= 0.3 is 0 Å². The molecule has 7 heteroatoms. The molecule has 92 valence electrons. The van der Waals surface area contributed by atoms with Gasteiger partial charge in [-0.05, 0) is 24.3 Å². The number of hydrogen-bond acceptors (Lipinski definition) is 4. The second kappa shape index (κ2) is 5.48. The first kappa shape index (κ1) is 13.0. The molecule has 0 aliphatic carbocycles. The van der Waals surface area contributed by atoms with E-state index in [2.05, 4.69) is 15.5 Å². The van der Waals surface area contributed by atoms with E-state index in [-0.39, 0.29) is 4.99 Å². The number of anilines is 2. The molecular weight excluding hydrogens is 291 g/mol. The molecule has 3 N–H and O–H groups in total. The molecule has 1 heterocycles. The van der Waals surface area contributed by atoms with Crippen LogP contribution in [0.25, 0.3) is 0 Å². The summed E-state index contributed by atoms with van der Waals surface area (Å²) in [5.74, 6) is 0.453. The molecule has 0 saturated carbocycles. The second-order valence-electron chi connectivity index (χ2n) is 3.41. The predicted octanol–water partition coefficient (Wildman–Crippen LogP) is 3.16. The highest BCUT2D eigenvalue weighted by Crippen LogP contribution is 2.28. The standard InChI is InChI=1S/C11H8Cl2N4S/c12-6-1-2-9(8(13)5-6)16-11-7(10(14)18)3-4-15-17-11/h1-5H,(H2,14,18)(H,16,17). The van der Waals surface area contributed by atoms with Crippen LogP contribution in [0.5, 0.6) is 0 Å². The summed E-state index contributed by atoms with van der Waals surface area (Å²) in [7, 11) is 0. The zero-order valence-corrected chi connectivity index (χ0v) is 11.4. The Balaban J connectivity index is 2.37. The monoisotopic (exact) mass is 298 g/mol. The smallest absolute Gasteiger partial charge is 0.163 e. The van der Waals surface area contributed by atoms with Crippen molar-refractivity contribution in [2.45, 2.75) is 0 Å². The minimum Gasteiger partial charge on any atom is -0.389 e. The molecule has 0 atom stereocenters. The average Bonchev–Trinajstić information content (AvgIpc) is 2.33. The average molecular weight is 299 g/mol. The van der Waals surface area contributed by atoms with Crippen LogP contribution in [0.4, 0.5) is 11.5 Å². The number of rotatable bonds is 3. The Kier molecular flexibility index (Phi) is 3.96. The number of benzene rings is 1. The summed E-state index contributed by atoms with van der Waals surface area (Å²) in [5.41, 5.74) is 6.85. The number of nitrogens with two attached hydrogens (primary N) is 1. The highest BCUT2D eigenvalue weighted by atomic mass is 35.5. The summed E-state index contributed by atoms with van der Waals surface area (Å²) in [5, 5.41) is 11.8. The summed E-state index contributed by atoms with van der Waals surface area (Å²) in [4.78, 5) is 0.234. The fourth-order valence-corrected chi connectivity index (χ4v) is 1.96. The van der Waals surface area contributed by atoms with Gasteiger partial charge in [0.15, 0.2) is 5.82 Å². The van der Waals surface area contributed by atoms with Crippen molar-refractivity contribution in [2.24, 2.45) is 5.73 Å². The second-order valence-corrected chi connectivity index (χ2v) is 4.69. The number of thiocarbonyl (C=S) groups is 1. The molecule has 0 aliphatic rings. The lowest BCUT2D eigenvalue weighted by Gasteiger charge is -2.10. The van der Waals surface area contributed by atoms with Gasteiger partial charge in [-0.25, -0.2) is 0 Å². The lowest BCUT2D eigenvalue weighted by atomic mass is 10.2. The lowest BCUT2D eigenvalue weighted by Crippen LogP contribution is -2.13. The number of halogens is 2. The molecule has 18 heavy (non-hydrogen) atoms. The van der Waals surface area contributed by atoms with Gasteiger partial charge in [0.05, 0.1) is 22.5 Å². The van der Waals surface area contributed by atoms with Crippen LogP contribution >= 0.6 is 35.4 Å². The summed E-state index contributed by atoms with van der Waals surface area (Å²) in [6.45, 7) is 0. The van der Waals surface area contributed by atoms with Crippen LogP contribution in [0.15, 0.2) is 30.5 Å². The SMILES string of the molecule is NC(=S)c1ccnnc1Nc1ccc(Cl)cc1Cl. The van der Waals surface area contributed by atoms with Crippen LogP contribution in [0.2, 0.25) is 10.0 Å². The van der Waals surface area contributed by atoms with Crippen LogP contribution in [0, 0.1) is 0 Å². The van der Waals surface area contributed by atoms with Crippen LogP contribution in [-0.2, 0) is 0 Å². The van der Waals surface area contributed by atoms with E-state index >= 15 is 0 Å². The third-order valence-electron chi connectivity index (χ3n) is 2.17. The molecule has 0 amide bonds. The zero-order chi connectivity index (χ0) is 13.1. The van der Waals surface area contributed by atoms with Crippen molar-refractivity contribution in [3.8, 4) is 0 Å². The quantitative estimate of drug-likeness (QED) is 0.852. The van der Waals surface area contributed by atoms with E-state index in [9.17, 15) is 0 Å². The van der Waals surface area contributed by atoms with Gasteiger partial charge in [0.2, 0.25) is 0 Å². The van der Waals surface area contributed by atoms with E-state index < -0.39 is 0 Å². The normalized spacial score (nSPS) is 10.1. The van der Waals surface area contributed by atoms with Crippen molar-refractivity contribution in [1.82, 2.24) is 10.2 Å². The number of nitrogens with one attached hydrogen (secondary N) is 1. The lowest BCUT2D eigenvalue weighted by molar-refractivity contribution is 1.03. The van der Waals surface area contributed by atoms with E-state index in [4.69, 9.17) is 41.2 Å².